The van der Waals surface area contributed by atoms with Crippen LogP contribution in [0.4, 0.5) is 0 Å². The van der Waals surface area contributed by atoms with E-state index in [-0.39, 0.29) is 42.6 Å². The molecule has 3 saturated heterocycles. The van der Waals surface area contributed by atoms with Gasteiger partial charge in [-0.1, -0.05) is 0 Å². The molecule has 0 aromatic carbocycles. The maximum absolute atomic E-state index is 12.1. The SMILES string of the molecule is CN1C(=O)[C@H]2CN(CC(=O)N3CCOCC3)C[C@H]2C1=O.O=CO. The third-order valence-corrected chi connectivity index (χ3v) is 4.41. The van der Waals surface area contributed by atoms with Crippen LogP contribution < -0.4 is 0 Å². The van der Waals surface area contributed by atoms with Crippen LogP contribution in [0.3, 0.4) is 0 Å². The number of likely N-dealkylation sites (tertiary alicyclic amines) is 2. The highest BCUT2D eigenvalue weighted by molar-refractivity contribution is 6.05. The summed E-state index contributed by atoms with van der Waals surface area (Å²) in [4.78, 5) is 49.2. The number of carbonyl (C=O) groups is 4. The molecule has 0 aromatic heterocycles. The van der Waals surface area contributed by atoms with Gasteiger partial charge in [0.05, 0.1) is 31.6 Å². The Hall–Kier alpha value is -2.00. The Balaban J connectivity index is 0.000000595. The van der Waals surface area contributed by atoms with Crippen LogP contribution >= 0.6 is 0 Å². The van der Waals surface area contributed by atoms with E-state index in [0.29, 0.717) is 39.4 Å². The van der Waals surface area contributed by atoms with E-state index in [1.165, 1.54) is 11.9 Å². The summed E-state index contributed by atoms with van der Waals surface area (Å²) in [5.74, 6) is -0.681. The lowest BCUT2D eigenvalue weighted by atomic mass is 10.00. The third-order valence-electron chi connectivity index (χ3n) is 4.41. The zero-order valence-corrected chi connectivity index (χ0v) is 13.0. The lowest BCUT2D eigenvalue weighted by Crippen LogP contribution is -2.46. The van der Waals surface area contributed by atoms with Gasteiger partial charge in [-0.3, -0.25) is 29.0 Å². The number of morpholine rings is 1. The summed E-state index contributed by atoms with van der Waals surface area (Å²) < 4.78 is 5.22. The second-order valence-electron chi connectivity index (χ2n) is 5.74. The van der Waals surface area contributed by atoms with Crippen molar-refractivity contribution in [1.82, 2.24) is 14.7 Å². The predicted octanol–water partition coefficient (Wildman–Crippen LogP) is -1.91. The fraction of sp³-hybridized carbons (Fsp3) is 0.714. The van der Waals surface area contributed by atoms with E-state index in [0.717, 1.165) is 0 Å². The van der Waals surface area contributed by atoms with Gasteiger partial charge in [-0.25, -0.2) is 0 Å². The Labute approximate surface area is 133 Å². The number of carboxylic acid groups (broad SMARTS) is 1. The van der Waals surface area contributed by atoms with Crippen molar-refractivity contribution in [2.24, 2.45) is 11.8 Å². The number of amides is 3. The highest BCUT2D eigenvalue weighted by atomic mass is 16.5. The first-order valence-corrected chi connectivity index (χ1v) is 7.46. The van der Waals surface area contributed by atoms with Crippen LogP contribution in [0.15, 0.2) is 0 Å². The van der Waals surface area contributed by atoms with Gasteiger partial charge in [0.15, 0.2) is 0 Å². The van der Waals surface area contributed by atoms with Gasteiger partial charge < -0.3 is 14.7 Å². The molecule has 128 valence electrons. The molecule has 0 aromatic rings. The lowest BCUT2D eigenvalue weighted by Gasteiger charge is -2.28. The number of ether oxygens (including phenoxy) is 1. The van der Waals surface area contributed by atoms with E-state index in [1.807, 2.05) is 4.90 Å². The minimum Gasteiger partial charge on any atom is -0.483 e. The normalized spacial score (nSPS) is 27.5. The molecule has 3 aliphatic rings. The smallest absolute Gasteiger partial charge is 0.290 e. The van der Waals surface area contributed by atoms with E-state index >= 15 is 0 Å². The van der Waals surface area contributed by atoms with Crippen molar-refractivity contribution < 1.29 is 29.0 Å². The van der Waals surface area contributed by atoms with E-state index in [2.05, 4.69) is 0 Å². The molecule has 3 heterocycles. The Morgan fingerprint density at radius 3 is 2.17 bits per heavy atom. The van der Waals surface area contributed by atoms with Gasteiger partial charge in [-0.2, -0.15) is 0 Å². The van der Waals surface area contributed by atoms with E-state index < -0.39 is 0 Å². The standard InChI is InChI=1S/C13H19N3O4.CH2O2/c1-14-12(18)9-6-15(7-10(9)13(14)19)8-11(17)16-2-4-20-5-3-16;2-1-3/h9-10H,2-8H2,1H3;1H,(H,2,3)/t9-,10+;. The number of imide groups is 1. The number of fused-ring (bicyclic) bond motifs is 1. The highest BCUT2D eigenvalue weighted by Crippen LogP contribution is 2.32. The quantitative estimate of drug-likeness (QED) is 0.466. The van der Waals surface area contributed by atoms with Crippen molar-refractivity contribution in [3.05, 3.63) is 0 Å². The second-order valence-corrected chi connectivity index (χ2v) is 5.74. The fourth-order valence-electron chi connectivity index (χ4n) is 3.22. The van der Waals surface area contributed by atoms with Gasteiger partial charge in [0.2, 0.25) is 17.7 Å². The molecular weight excluding hydrogens is 306 g/mol. The van der Waals surface area contributed by atoms with E-state index in [1.54, 1.807) is 4.90 Å². The van der Waals surface area contributed by atoms with Gasteiger partial charge in [0, 0.05) is 33.2 Å². The van der Waals surface area contributed by atoms with E-state index in [4.69, 9.17) is 14.6 Å². The number of nitrogens with zero attached hydrogens (tertiary/aromatic N) is 3. The van der Waals surface area contributed by atoms with Gasteiger partial charge in [-0.05, 0) is 0 Å². The first kappa shape index (κ1) is 17.4. The molecular formula is C14H21N3O6. The summed E-state index contributed by atoms with van der Waals surface area (Å²) in [6.45, 7) is 3.47. The Morgan fingerprint density at radius 2 is 1.70 bits per heavy atom. The Kier molecular flexibility index (Phi) is 5.67. The number of hydrogen-bond donors (Lipinski definition) is 1. The zero-order chi connectivity index (χ0) is 17.0. The van der Waals surface area contributed by atoms with Crippen molar-refractivity contribution in [2.75, 3.05) is 53.0 Å². The minimum absolute atomic E-state index is 0.0570. The molecule has 3 amide bonds. The van der Waals surface area contributed by atoms with Crippen LogP contribution in [0, 0.1) is 11.8 Å². The molecule has 0 unspecified atom stereocenters. The summed E-state index contributed by atoms with van der Waals surface area (Å²) in [5.41, 5.74) is 0. The maximum atomic E-state index is 12.1. The molecule has 9 heteroatoms. The van der Waals surface area contributed by atoms with Crippen LogP contribution in [-0.4, -0.2) is 97.0 Å². The molecule has 2 atom stereocenters. The van der Waals surface area contributed by atoms with Crippen molar-refractivity contribution in [3.63, 3.8) is 0 Å². The van der Waals surface area contributed by atoms with E-state index in [9.17, 15) is 14.4 Å². The van der Waals surface area contributed by atoms with Gasteiger partial charge in [0.1, 0.15) is 0 Å². The summed E-state index contributed by atoms with van der Waals surface area (Å²) in [7, 11) is 1.53. The topological polar surface area (TPSA) is 107 Å². The highest BCUT2D eigenvalue weighted by Gasteiger charge is 2.51. The van der Waals surface area contributed by atoms with Gasteiger partial charge in [0.25, 0.3) is 6.47 Å². The van der Waals surface area contributed by atoms with Crippen LogP contribution in [0.1, 0.15) is 0 Å². The first-order chi connectivity index (χ1) is 11.0. The summed E-state index contributed by atoms with van der Waals surface area (Å²) in [6.07, 6.45) is 0. The molecule has 0 bridgehead atoms. The van der Waals surface area contributed by atoms with Crippen molar-refractivity contribution in [1.29, 1.82) is 0 Å². The number of rotatable bonds is 2. The third kappa shape index (κ3) is 3.67. The molecule has 0 saturated carbocycles. The summed E-state index contributed by atoms with van der Waals surface area (Å²) in [5, 5.41) is 6.89. The molecule has 9 nitrogen and oxygen atoms in total. The monoisotopic (exact) mass is 327 g/mol. The lowest BCUT2D eigenvalue weighted by molar-refractivity contribution is -0.140. The summed E-state index contributed by atoms with van der Waals surface area (Å²) >= 11 is 0. The molecule has 1 N–H and O–H groups in total. The molecule has 3 rings (SSSR count). The van der Waals surface area contributed by atoms with Crippen LogP contribution in [0.2, 0.25) is 0 Å². The Morgan fingerprint density at radius 1 is 1.22 bits per heavy atom. The largest absolute Gasteiger partial charge is 0.483 e. The summed E-state index contributed by atoms with van der Waals surface area (Å²) in [6, 6.07) is 0. The fourth-order valence-corrected chi connectivity index (χ4v) is 3.22. The minimum atomic E-state index is -0.259. The van der Waals surface area contributed by atoms with Crippen molar-refractivity contribution >= 4 is 24.2 Å². The molecule has 23 heavy (non-hydrogen) atoms. The molecule has 3 aliphatic heterocycles. The number of hydrogen-bond acceptors (Lipinski definition) is 6. The maximum Gasteiger partial charge on any atom is 0.290 e. The first-order valence-electron chi connectivity index (χ1n) is 7.46. The molecule has 0 spiro atoms. The predicted molar refractivity (Wildman–Crippen MR) is 77.3 cm³/mol. The van der Waals surface area contributed by atoms with Gasteiger partial charge >= 0.3 is 0 Å². The zero-order valence-electron chi connectivity index (χ0n) is 13.0. The molecule has 0 radical (unpaired) electrons. The van der Waals surface area contributed by atoms with Crippen molar-refractivity contribution in [2.45, 2.75) is 0 Å². The van der Waals surface area contributed by atoms with Crippen LogP contribution in [-0.2, 0) is 23.9 Å². The average Bonchev–Trinajstić information content (AvgIpc) is 3.05. The van der Waals surface area contributed by atoms with Crippen LogP contribution in [0.25, 0.3) is 0 Å². The Bertz CT molecular complexity index is 467. The van der Waals surface area contributed by atoms with Crippen LogP contribution in [0.5, 0.6) is 0 Å². The second kappa shape index (κ2) is 7.51. The molecule has 0 aliphatic carbocycles. The van der Waals surface area contributed by atoms with Crippen molar-refractivity contribution in [3.8, 4) is 0 Å². The van der Waals surface area contributed by atoms with Gasteiger partial charge in [-0.15, -0.1) is 0 Å². The average molecular weight is 327 g/mol. The number of carbonyl (C=O) groups excluding carboxylic acids is 3. The molecule has 3 fully saturated rings.